The van der Waals surface area contributed by atoms with Gasteiger partial charge in [-0.2, -0.15) is 0 Å². The third-order valence-corrected chi connectivity index (χ3v) is 5.06. The van der Waals surface area contributed by atoms with E-state index in [4.69, 9.17) is 0 Å². The van der Waals surface area contributed by atoms with Crippen LogP contribution < -0.4 is 10.3 Å². The highest BCUT2D eigenvalue weighted by Gasteiger charge is 2.48. The highest BCUT2D eigenvalue weighted by Crippen LogP contribution is 2.45. The van der Waals surface area contributed by atoms with E-state index < -0.39 is 6.17 Å². The molecule has 0 bridgehead atoms. The first-order chi connectivity index (χ1) is 13.1. The highest BCUT2D eigenvalue weighted by atomic mass is 16.2. The van der Waals surface area contributed by atoms with Gasteiger partial charge < -0.3 is 0 Å². The fraction of sp³-hybridized carbons (Fsp3) is 0.0909. The van der Waals surface area contributed by atoms with E-state index >= 15 is 0 Å². The maximum atomic E-state index is 13.4. The smallest absolute Gasteiger partial charge is 0.276 e. The molecule has 1 N–H and O–H groups in total. The normalized spacial score (nSPS) is 17.4. The highest BCUT2D eigenvalue weighted by molar-refractivity contribution is 6.17. The lowest BCUT2D eigenvalue weighted by atomic mass is 10.0. The monoisotopic (exact) mass is 355 g/mol. The van der Waals surface area contributed by atoms with Crippen LogP contribution in [0.5, 0.6) is 0 Å². The van der Waals surface area contributed by atoms with Crippen LogP contribution in [-0.2, 0) is 0 Å². The molecule has 27 heavy (non-hydrogen) atoms. The Morgan fingerprint density at radius 3 is 2.37 bits per heavy atom. The molecular weight excluding hydrogens is 338 g/mol. The minimum Gasteiger partial charge on any atom is -0.293 e. The standard InChI is InChI=1S/C22H17N3O2/c1-14-11-12-19-18(13-14)22(27)25(23-15-7-3-2-4-8-15)20-16-9-5-6-10-17(16)21(26)24(19)20/h2-13,20,23H,1H3. The molecule has 0 saturated heterocycles. The van der Waals surface area contributed by atoms with Crippen molar-refractivity contribution in [1.29, 1.82) is 0 Å². The minimum absolute atomic E-state index is 0.0898. The number of carbonyl (C=O) groups excluding carboxylic acids is 2. The van der Waals surface area contributed by atoms with Crippen LogP contribution in [-0.4, -0.2) is 16.8 Å². The zero-order chi connectivity index (χ0) is 18.5. The lowest BCUT2D eigenvalue weighted by molar-refractivity contribution is 0.0700. The summed E-state index contributed by atoms with van der Waals surface area (Å²) in [6.45, 7) is 1.94. The number of nitrogens with zero attached hydrogens (tertiary/aromatic N) is 2. The van der Waals surface area contributed by atoms with Crippen molar-refractivity contribution in [2.75, 3.05) is 10.3 Å². The number of hydrazine groups is 1. The summed E-state index contributed by atoms with van der Waals surface area (Å²) in [6.07, 6.45) is -0.517. The van der Waals surface area contributed by atoms with E-state index in [-0.39, 0.29) is 11.8 Å². The quantitative estimate of drug-likeness (QED) is 0.752. The maximum Gasteiger partial charge on any atom is 0.276 e. The Labute approximate surface area is 156 Å². The molecule has 3 aromatic rings. The second kappa shape index (κ2) is 5.71. The van der Waals surface area contributed by atoms with E-state index in [0.717, 1.165) is 16.8 Å². The number of rotatable bonds is 2. The number of carbonyl (C=O) groups is 2. The van der Waals surface area contributed by atoms with Crippen LogP contribution in [0.15, 0.2) is 72.8 Å². The van der Waals surface area contributed by atoms with Crippen molar-refractivity contribution in [1.82, 2.24) is 5.01 Å². The Morgan fingerprint density at radius 2 is 1.56 bits per heavy atom. The van der Waals surface area contributed by atoms with E-state index in [2.05, 4.69) is 5.43 Å². The maximum absolute atomic E-state index is 13.4. The summed E-state index contributed by atoms with van der Waals surface area (Å²) in [5.74, 6) is -0.239. The van der Waals surface area contributed by atoms with Crippen molar-refractivity contribution in [2.45, 2.75) is 13.1 Å². The van der Waals surface area contributed by atoms with Crippen LogP contribution >= 0.6 is 0 Å². The van der Waals surface area contributed by atoms with Crippen molar-refractivity contribution in [3.8, 4) is 0 Å². The lowest BCUT2D eigenvalue weighted by Crippen LogP contribution is -2.50. The zero-order valence-corrected chi connectivity index (χ0v) is 14.7. The molecule has 132 valence electrons. The number of amides is 2. The Morgan fingerprint density at radius 1 is 0.815 bits per heavy atom. The number of hydrogen-bond acceptors (Lipinski definition) is 3. The molecule has 2 aliphatic heterocycles. The largest absolute Gasteiger partial charge is 0.293 e. The molecule has 2 heterocycles. The Bertz CT molecular complexity index is 1080. The summed E-state index contributed by atoms with van der Waals surface area (Å²) in [5, 5.41) is 1.56. The fourth-order valence-electron chi connectivity index (χ4n) is 3.83. The van der Waals surface area contributed by atoms with Gasteiger partial charge in [0.15, 0.2) is 6.17 Å². The first-order valence-corrected chi connectivity index (χ1v) is 8.83. The molecule has 0 fully saturated rings. The Kier molecular flexibility index (Phi) is 3.31. The summed E-state index contributed by atoms with van der Waals surface area (Å²) in [5.41, 5.74) is 7.61. The Balaban J connectivity index is 1.71. The van der Waals surface area contributed by atoms with E-state index in [1.165, 1.54) is 0 Å². The van der Waals surface area contributed by atoms with Gasteiger partial charge in [0.1, 0.15) is 0 Å². The number of anilines is 2. The molecule has 0 saturated carbocycles. The molecule has 5 nitrogen and oxygen atoms in total. The molecule has 0 aliphatic carbocycles. The van der Waals surface area contributed by atoms with E-state index in [1.54, 1.807) is 9.91 Å². The summed E-state index contributed by atoms with van der Waals surface area (Å²) >= 11 is 0. The summed E-state index contributed by atoms with van der Waals surface area (Å²) in [4.78, 5) is 28.2. The predicted octanol–water partition coefficient (Wildman–Crippen LogP) is 4.14. The molecule has 5 heteroatoms. The summed E-state index contributed by atoms with van der Waals surface area (Å²) in [7, 11) is 0. The van der Waals surface area contributed by atoms with E-state index in [1.807, 2.05) is 79.7 Å². The van der Waals surface area contributed by atoms with Gasteiger partial charge in [0, 0.05) is 11.1 Å². The average molecular weight is 355 g/mol. The first kappa shape index (κ1) is 15.6. The van der Waals surface area contributed by atoms with Gasteiger partial charge in [0.2, 0.25) is 0 Å². The second-order valence-electron chi connectivity index (χ2n) is 6.81. The van der Waals surface area contributed by atoms with Crippen LogP contribution in [0.1, 0.15) is 38.0 Å². The van der Waals surface area contributed by atoms with Crippen molar-refractivity contribution < 1.29 is 9.59 Å². The van der Waals surface area contributed by atoms with Crippen molar-refractivity contribution in [3.05, 3.63) is 95.1 Å². The van der Waals surface area contributed by atoms with E-state index in [9.17, 15) is 9.59 Å². The number of aryl methyl sites for hydroxylation is 1. The minimum atomic E-state index is -0.517. The fourth-order valence-corrected chi connectivity index (χ4v) is 3.83. The van der Waals surface area contributed by atoms with Crippen LogP contribution in [0.4, 0.5) is 11.4 Å². The van der Waals surface area contributed by atoms with Gasteiger partial charge in [0.25, 0.3) is 11.8 Å². The first-order valence-electron chi connectivity index (χ1n) is 8.83. The molecule has 2 amide bonds. The topological polar surface area (TPSA) is 52.7 Å². The molecular formula is C22H17N3O2. The van der Waals surface area contributed by atoms with Gasteiger partial charge in [-0.3, -0.25) is 19.9 Å². The summed E-state index contributed by atoms with van der Waals surface area (Å²) in [6, 6.07) is 22.6. The van der Waals surface area contributed by atoms with Gasteiger partial charge >= 0.3 is 0 Å². The number of fused-ring (bicyclic) bond motifs is 5. The molecule has 2 aliphatic rings. The summed E-state index contributed by atoms with van der Waals surface area (Å²) < 4.78 is 0. The SMILES string of the molecule is Cc1ccc2c(c1)C(=O)N(Nc1ccccc1)C1c3ccccc3C(=O)N21. The Hall–Kier alpha value is -3.60. The molecule has 0 spiro atoms. The van der Waals surface area contributed by atoms with Crippen LogP contribution in [0, 0.1) is 6.92 Å². The third kappa shape index (κ3) is 2.25. The average Bonchev–Trinajstić information content (AvgIpc) is 2.99. The van der Waals surface area contributed by atoms with Crippen LogP contribution in [0.2, 0.25) is 0 Å². The van der Waals surface area contributed by atoms with Gasteiger partial charge in [-0.15, -0.1) is 0 Å². The van der Waals surface area contributed by atoms with Crippen LogP contribution in [0.25, 0.3) is 0 Å². The van der Waals surface area contributed by atoms with Gasteiger partial charge in [-0.1, -0.05) is 48.0 Å². The van der Waals surface area contributed by atoms with Crippen molar-refractivity contribution in [2.24, 2.45) is 0 Å². The van der Waals surface area contributed by atoms with Crippen LogP contribution in [0.3, 0.4) is 0 Å². The van der Waals surface area contributed by atoms with Gasteiger partial charge in [-0.05, 0) is 37.3 Å². The number of hydrogen-bond donors (Lipinski definition) is 1. The number of benzene rings is 3. The molecule has 5 rings (SSSR count). The predicted molar refractivity (Wildman–Crippen MR) is 103 cm³/mol. The number of nitrogens with one attached hydrogen (secondary N) is 1. The molecule has 1 atom stereocenters. The number of para-hydroxylation sites is 1. The molecule has 3 aromatic carbocycles. The zero-order valence-electron chi connectivity index (χ0n) is 14.7. The second-order valence-corrected chi connectivity index (χ2v) is 6.81. The molecule has 0 radical (unpaired) electrons. The molecule has 0 aromatic heterocycles. The molecule has 1 unspecified atom stereocenters. The van der Waals surface area contributed by atoms with E-state index in [0.29, 0.717) is 16.8 Å². The van der Waals surface area contributed by atoms with Gasteiger partial charge in [-0.25, -0.2) is 5.01 Å². The lowest BCUT2D eigenvalue weighted by Gasteiger charge is -2.41. The van der Waals surface area contributed by atoms with Gasteiger partial charge in [0.05, 0.1) is 16.9 Å². The van der Waals surface area contributed by atoms with Crippen molar-refractivity contribution >= 4 is 23.2 Å². The third-order valence-electron chi connectivity index (χ3n) is 5.06. The van der Waals surface area contributed by atoms with Crippen molar-refractivity contribution in [3.63, 3.8) is 0 Å².